The first-order chi connectivity index (χ1) is 28.0. The highest BCUT2D eigenvalue weighted by atomic mass is 16.6. The predicted octanol–water partition coefficient (Wildman–Crippen LogP) is 3.33. The molecule has 4 aromatic rings. The molecule has 2 fully saturated rings. The van der Waals surface area contributed by atoms with E-state index in [9.17, 15) is 34.1 Å². The second-order valence-corrected chi connectivity index (χ2v) is 15.3. The number of nitro groups is 1. The van der Waals surface area contributed by atoms with Crippen molar-refractivity contribution in [3.8, 4) is 0 Å². The van der Waals surface area contributed by atoms with E-state index >= 15 is 0 Å². The molecule has 5 amide bonds. The highest BCUT2D eigenvalue weighted by molar-refractivity contribution is 5.98. The summed E-state index contributed by atoms with van der Waals surface area (Å²) in [6, 6.07) is 6.89. The van der Waals surface area contributed by atoms with Crippen LogP contribution in [0.5, 0.6) is 0 Å². The maximum Gasteiger partial charge on any atom is 0.300 e. The summed E-state index contributed by atoms with van der Waals surface area (Å²) in [5.74, 6) is -2.10. The van der Waals surface area contributed by atoms with Crippen molar-refractivity contribution in [3.05, 3.63) is 58.3 Å². The normalized spacial score (nSPS) is 21.0. The lowest BCUT2D eigenvalue weighted by Gasteiger charge is -2.39. The summed E-state index contributed by atoms with van der Waals surface area (Å²) in [6.45, 7) is 6.94. The molecule has 2 aromatic carbocycles. The molecule has 0 radical (unpaired) electrons. The molecule has 2 saturated heterocycles. The molecular weight excluding hydrogens is 749 g/mol. The van der Waals surface area contributed by atoms with Gasteiger partial charge in [0.05, 0.1) is 10.6 Å². The van der Waals surface area contributed by atoms with E-state index in [1.165, 1.54) is 6.07 Å². The molecule has 0 aliphatic carbocycles. The van der Waals surface area contributed by atoms with Gasteiger partial charge in [0.15, 0.2) is 5.52 Å². The average Bonchev–Trinajstić information content (AvgIpc) is 3.85. The number of nitrogens with zero attached hydrogens (tertiary/aromatic N) is 5. The van der Waals surface area contributed by atoms with Crippen molar-refractivity contribution in [2.75, 3.05) is 25.0 Å². The molecule has 18 nitrogen and oxygen atoms in total. The number of nitrogens with one attached hydrogen (secondary N) is 5. The lowest BCUT2D eigenvalue weighted by Crippen LogP contribution is -2.64. The van der Waals surface area contributed by atoms with E-state index in [0.29, 0.717) is 43.7 Å². The highest BCUT2D eigenvalue weighted by Crippen LogP contribution is 2.29. The van der Waals surface area contributed by atoms with E-state index in [1.54, 1.807) is 17.9 Å². The zero-order chi connectivity index (χ0) is 41.3. The number of hydrogen-bond acceptors (Lipinski definition) is 11. The van der Waals surface area contributed by atoms with Crippen LogP contribution in [0, 0.1) is 16.0 Å². The van der Waals surface area contributed by atoms with Crippen molar-refractivity contribution in [2.24, 2.45) is 5.92 Å². The van der Waals surface area contributed by atoms with Gasteiger partial charge >= 0.3 is 5.69 Å². The molecule has 2 aromatic heterocycles. The minimum Gasteiger partial charge on any atom is -0.383 e. The Morgan fingerprint density at radius 2 is 1.72 bits per heavy atom. The fourth-order valence-corrected chi connectivity index (χ4v) is 7.71. The van der Waals surface area contributed by atoms with Crippen LogP contribution in [0.3, 0.4) is 0 Å². The number of para-hydroxylation sites is 1. The number of nitro benzene ring substituents is 1. The molecule has 5 N–H and O–H groups in total. The number of anilines is 1. The molecule has 18 heteroatoms. The van der Waals surface area contributed by atoms with Gasteiger partial charge in [-0.25, -0.2) is 4.63 Å². The lowest BCUT2D eigenvalue weighted by molar-refractivity contribution is -0.383. The maximum atomic E-state index is 14.1. The van der Waals surface area contributed by atoms with Gasteiger partial charge < -0.3 is 36.1 Å². The Morgan fingerprint density at radius 1 is 0.966 bits per heavy atom. The van der Waals surface area contributed by atoms with E-state index in [4.69, 9.17) is 4.63 Å². The van der Waals surface area contributed by atoms with E-state index in [1.807, 2.05) is 48.9 Å². The molecule has 4 heterocycles. The van der Waals surface area contributed by atoms with Crippen molar-refractivity contribution in [1.82, 2.24) is 41.0 Å². The average molecular weight is 801 g/mol. The van der Waals surface area contributed by atoms with E-state index in [2.05, 4.69) is 36.9 Å². The Morgan fingerprint density at radius 3 is 2.50 bits per heavy atom. The molecule has 2 aliphatic rings. The third-order valence-corrected chi connectivity index (χ3v) is 11.2. The Balaban J connectivity index is 1.05. The summed E-state index contributed by atoms with van der Waals surface area (Å²) in [6.07, 6.45) is 7.90. The van der Waals surface area contributed by atoms with Crippen LogP contribution < -0.4 is 26.6 Å². The number of piperidine rings is 1. The molecule has 58 heavy (non-hydrogen) atoms. The third kappa shape index (κ3) is 9.54. The van der Waals surface area contributed by atoms with Crippen molar-refractivity contribution in [1.29, 1.82) is 0 Å². The minimum atomic E-state index is -1.07. The summed E-state index contributed by atoms with van der Waals surface area (Å²) >= 11 is 0. The fourth-order valence-electron chi connectivity index (χ4n) is 7.71. The van der Waals surface area contributed by atoms with Gasteiger partial charge in [0.2, 0.25) is 35.1 Å². The topological polar surface area (TPSA) is 236 Å². The van der Waals surface area contributed by atoms with Crippen molar-refractivity contribution >= 4 is 62.8 Å². The standard InChI is InChI=1S/C40H52N10O8/c1-4-24(2)34-40(55)49-20-12-9-15-32(49)39(54)43-25(3)37(52)44-29(38(53)45-34)21-26-22-48(30-14-8-7-13-27(26)30)23-33(51)42-19-11-6-5-10-18-41-28-16-17-31(50(56)57)36-35(28)46-58-47-36/h7-8,13-14,16-17,22,24-25,29,32,34,41H,4-6,9-12,15,18-21,23H2,1-3H3,(H,42,51)(H,43,54)(H,44,52)(H,45,53)/t24?,25-,29?,32+,34-/m0/s1. The second-order valence-electron chi connectivity index (χ2n) is 15.3. The van der Waals surface area contributed by atoms with Crippen LogP contribution in [0.1, 0.15) is 77.7 Å². The van der Waals surface area contributed by atoms with Crippen molar-refractivity contribution in [3.63, 3.8) is 0 Å². The van der Waals surface area contributed by atoms with E-state index < -0.39 is 40.9 Å². The first-order valence-electron chi connectivity index (χ1n) is 20.1. The SMILES string of the molecule is CCC(C)[C@@H]1NC(=O)C(Cc2cn(CC(=O)NCCCCCCNc3ccc([N+](=O)[O-])c4nonc34)c3ccccc23)NC(=O)[C@H](C)NC(=O)[C@H]2CCCCN2C1=O. The highest BCUT2D eigenvalue weighted by Gasteiger charge is 2.40. The molecular formula is C40H52N10O8. The van der Waals surface area contributed by atoms with Crippen LogP contribution in [0.25, 0.3) is 21.9 Å². The zero-order valence-corrected chi connectivity index (χ0v) is 33.1. The third-order valence-electron chi connectivity index (χ3n) is 11.2. The van der Waals surface area contributed by atoms with Gasteiger partial charge in [0.25, 0.3) is 0 Å². The zero-order valence-electron chi connectivity index (χ0n) is 33.1. The van der Waals surface area contributed by atoms with Gasteiger partial charge in [-0.05, 0) is 73.0 Å². The summed E-state index contributed by atoms with van der Waals surface area (Å²) in [5.41, 5.74) is 2.37. The Labute approximate surface area is 335 Å². The Hall–Kier alpha value is -6.07. The van der Waals surface area contributed by atoms with Crippen LogP contribution in [0.15, 0.2) is 47.2 Å². The number of amides is 5. The van der Waals surface area contributed by atoms with Crippen LogP contribution in [-0.2, 0) is 36.9 Å². The van der Waals surface area contributed by atoms with Gasteiger partial charge in [-0.3, -0.25) is 34.1 Å². The summed E-state index contributed by atoms with van der Waals surface area (Å²) in [5, 5.41) is 34.3. The Bertz CT molecular complexity index is 2150. The smallest absolute Gasteiger partial charge is 0.300 e. The molecule has 0 spiro atoms. The molecule has 0 saturated carbocycles. The first kappa shape index (κ1) is 41.6. The number of non-ortho nitro benzene ring substituents is 1. The molecule has 2 aliphatic heterocycles. The van der Waals surface area contributed by atoms with Crippen LogP contribution in [-0.4, -0.2) is 98.0 Å². The number of carbonyl (C=O) groups excluding carboxylic acids is 5. The molecule has 310 valence electrons. The quantitative estimate of drug-likeness (QED) is 0.0664. The van der Waals surface area contributed by atoms with Crippen molar-refractivity contribution < 1.29 is 33.5 Å². The number of rotatable bonds is 15. The molecule has 2 unspecified atom stereocenters. The Kier molecular flexibility index (Phi) is 13.6. The maximum absolute atomic E-state index is 14.1. The first-order valence-corrected chi connectivity index (χ1v) is 20.1. The number of fused-ring (bicyclic) bond motifs is 3. The number of unbranched alkanes of at least 4 members (excludes halogenated alkanes) is 3. The van der Waals surface area contributed by atoms with Crippen molar-refractivity contribution in [2.45, 2.75) is 109 Å². The van der Waals surface area contributed by atoms with Crippen LogP contribution in [0.2, 0.25) is 0 Å². The molecule has 6 rings (SSSR count). The van der Waals surface area contributed by atoms with Gasteiger partial charge in [0, 0.05) is 49.2 Å². The second kappa shape index (κ2) is 18.9. The monoisotopic (exact) mass is 800 g/mol. The lowest BCUT2D eigenvalue weighted by atomic mass is 9.93. The number of aromatic nitrogens is 3. The van der Waals surface area contributed by atoms with E-state index in [0.717, 1.165) is 55.0 Å². The predicted molar refractivity (Wildman–Crippen MR) is 214 cm³/mol. The number of carbonyl (C=O) groups is 5. The fraction of sp³-hybridized carbons (Fsp3) is 0.525. The largest absolute Gasteiger partial charge is 0.383 e. The van der Waals surface area contributed by atoms with Crippen LogP contribution >= 0.6 is 0 Å². The summed E-state index contributed by atoms with van der Waals surface area (Å²) < 4.78 is 6.54. The summed E-state index contributed by atoms with van der Waals surface area (Å²) in [7, 11) is 0. The van der Waals surface area contributed by atoms with Gasteiger partial charge in [-0.1, -0.05) is 51.3 Å². The molecule has 5 atom stereocenters. The van der Waals surface area contributed by atoms with Gasteiger partial charge in [-0.15, -0.1) is 0 Å². The summed E-state index contributed by atoms with van der Waals surface area (Å²) in [4.78, 5) is 80.4. The minimum absolute atomic E-state index is 0.0406. The van der Waals surface area contributed by atoms with Crippen LogP contribution in [0.4, 0.5) is 11.4 Å². The number of benzene rings is 2. The number of hydrogen-bond donors (Lipinski definition) is 5. The van der Waals surface area contributed by atoms with E-state index in [-0.39, 0.29) is 47.8 Å². The van der Waals surface area contributed by atoms with Gasteiger partial charge in [0.1, 0.15) is 30.7 Å². The molecule has 0 bridgehead atoms. The van der Waals surface area contributed by atoms with Gasteiger partial charge in [-0.2, -0.15) is 0 Å².